The predicted octanol–water partition coefficient (Wildman–Crippen LogP) is 6.17. The Balaban J connectivity index is 1.59. The van der Waals surface area contributed by atoms with Gasteiger partial charge in [-0.15, -0.1) is 0 Å². The number of hydrogen-bond acceptors (Lipinski definition) is 4. The summed E-state index contributed by atoms with van der Waals surface area (Å²) in [4.78, 5) is 45.8. The van der Waals surface area contributed by atoms with Gasteiger partial charge >= 0.3 is 0 Å². The van der Waals surface area contributed by atoms with Crippen molar-refractivity contribution < 1.29 is 18.8 Å². The van der Waals surface area contributed by atoms with E-state index in [0.717, 1.165) is 43.2 Å². The molecule has 1 saturated carbocycles. The summed E-state index contributed by atoms with van der Waals surface area (Å²) in [5.41, 5.74) is 3.15. The molecule has 0 spiro atoms. The molecular formula is C32H37FN4O3. The molecule has 8 heteroatoms. The van der Waals surface area contributed by atoms with Gasteiger partial charge in [-0.2, -0.15) is 0 Å². The third-order valence-electron chi connectivity index (χ3n) is 7.41. The van der Waals surface area contributed by atoms with Crippen molar-refractivity contribution in [2.45, 2.75) is 77.3 Å². The van der Waals surface area contributed by atoms with Crippen LogP contribution in [0.2, 0.25) is 0 Å². The lowest BCUT2D eigenvalue weighted by atomic mass is 9.94. The Morgan fingerprint density at radius 1 is 0.950 bits per heavy atom. The fourth-order valence-electron chi connectivity index (χ4n) is 5.06. The standard InChI is InChI=1S/C32H37FN4O3/c1-22-14-19-27(21-23(22)2)37(30(39)13-8-12-29(38)36-28-11-6-7-20-34-28)31(24-15-17-25(33)18-16-24)32(40)35-26-9-4-3-5-10-26/h6-7,11,14-21,26,31H,3-5,8-10,12-13H2,1-2H3,(H,35,40)(H,34,36,38)/t31-/m0/s1. The maximum Gasteiger partial charge on any atom is 0.248 e. The zero-order valence-electron chi connectivity index (χ0n) is 23.2. The van der Waals surface area contributed by atoms with Crippen molar-refractivity contribution in [3.63, 3.8) is 0 Å². The van der Waals surface area contributed by atoms with Gasteiger partial charge in [-0.05, 0) is 86.2 Å². The van der Waals surface area contributed by atoms with Crippen LogP contribution in [0.5, 0.6) is 0 Å². The Bertz CT molecular complexity index is 1310. The number of carbonyl (C=O) groups is 3. The highest BCUT2D eigenvalue weighted by Crippen LogP contribution is 2.31. The van der Waals surface area contributed by atoms with Gasteiger partial charge in [0.25, 0.3) is 0 Å². The maximum absolute atomic E-state index is 13.9. The van der Waals surface area contributed by atoms with E-state index in [-0.39, 0.29) is 36.6 Å². The van der Waals surface area contributed by atoms with Crippen LogP contribution in [0.15, 0.2) is 66.9 Å². The number of aryl methyl sites for hydroxylation is 2. The quantitative estimate of drug-likeness (QED) is 0.319. The van der Waals surface area contributed by atoms with Crippen molar-refractivity contribution in [3.8, 4) is 0 Å². The molecule has 0 saturated heterocycles. The Morgan fingerprint density at radius 3 is 2.38 bits per heavy atom. The van der Waals surface area contributed by atoms with Gasteiger partial charge in [-0.1, -0.05) is 43.5 Å². The van der Waals surface area contributed by atoms with E-state index in [4.69, 9.17) is 0 Å². The molecule has 2 aromatic carbocycles. The molecular weight excluding hydrogens is 507 g/mol. The number of amides is 3. The molecule has 210 valence electrons. The molecule has 0 bridgehead atoms. The number of rotatable bonds is 10. The molecule has 40 heavy (non-hydrogen) atoms. The Kier molecular flexibility index (Phi) is 10.00. The number of anilines is 2. The highest BCUT2D eigenvalue weighted by molar-refractivity contribution is 6.01. The van der Waals surface area contributed by atoms with Crippen LogP contribution in [0, 0.1) is 19.7 Å². The topological polar surface area (TPSA) is 91.4 Å². The SMILES string of the molecule is Cc1ccc(N(C(=O)CCCC(=O)Nc2ccccn2)[C@H](C(=O)NC2CCCCC2)c2ccc(F)cc2)cc1C. The van der Waals surface area contributed by atoms with Crippen LogP contribution in [-0.4, -0.2) is 28.7 Å². The monoisotopic (exact) mass is 544 g/mol. The van der Waals surface area contributed by atoms with Gasteiger partial charge < -0.3 is 10.6 Å². The highest BCUT2D eigenvalue weighted by atomic mass is 19.1. The van der Waals surface area contributed by atoms with Crippen molar-refractivity contribution in [1.82, 2.24) is 10.3 Å². The number of hydrogen-bond donors (Lipinski definition) is 2. The van der Waals surface area contributed by atoms with Gasteiger partial charge in [0.05, 0.1) is 0 Å². The molecule has 1 atom stereocenters. The molecule has 1 fully saturated rings. The Labute approximate surface area is 235 Å². The largest absolute Gasteiger partial charge is 0.351 e. The molecule has 0 aliphatic heterocycles. The first-order valence-electron chi connectivity index (χ1n) is 14.0. The minimum atomic E-state index is -0.987. The van der Waals surface area contributed by atoms with Gasteiger partial charge in [0.15, 0.2) is 0 Å². The maximum atomic E-state index is 13.9. The minimum Gasteiger partial charge on any atom is -0.351 e. The van der Waals surface area contributed by atoms with E-state index in [1.807, 2.05) is 32.0 Å². The summed E-state index contributed by atoms with van der Waals surface area (Å²) in [6, 6.07) is 15.7. The number of nitrogens with zero attached hydrogens (tertiary/aromatic N) is 2. The van der Waals surface area contributed by atoms with E-state index in [1.165, 1.54) is 17.0 Å². The molecule has 7 nitrogen and oxygen atoms in total. The van der Waals surface area contributed by atoms with Crippen LogP contribution in [-0.2, 0) is 14.4 Å². The zero-order valence-corrected chi connectivity index (χ0v) is 23.2. The third kappa shape index (κ3) is 7.74. The lowest BCUT2D eigenvalue weighted by molar-refractivity contribution is -0.127. The van der Waals surface area contributed by atoms with Crippen LogP contribution < -0.4 is 15.5 Å². The first kappa shape index (κ1) is 28.9. The summed E-state index contributed by atoms with van der Waals surface area (Å²) in [6.45, 7) is 3.94. The van der Waals surface area contributed by atoms with E-state index < -0.39 is 11.9 Å². The van der Waals surface area contributed by atoms with Gasteiger partial charge in [-0.25, -0.2) is 9.37 Å². The zero-order chi connectivity index (χ0) is 28.5. The first-order chi connectivity index (χ1) is 19.3. The Morgan fingerprint density at radius 2 is 1.70 bits per heavy atom. The minimum absolute atomic E-state index is 0.0381. The molecule has 1 aliphatic carbocycles. The summed E-state index contributed by atoms with van der Waals surface area (Å²) in [5.74, 6) is -0.793. The van der Waals surface area contributed by atoms with Crippen molar-refractivity contribution in [2.75, 3.05) is 10.2 Å². The lowest BCUT2D eigenvalue weighted by Gasteiger charge is -2.34. The van der Waals surface area contributed by atoms with E-state index in [9.17, 15) is 18.8 Å². The Hall–Kier alpha value is -4.07. The van der Waals surface area contributed by atoms with E-state index in [2.05, 4.69) is 15.6 Å². The molecule has 3 amide bonds. The second-order valence-electron chi connectivity index (χ2n) is 10.4. The smallest absolute Gasteiger partial charge is 0.248 e. The number of halogens is 1. The molecule has 1 heterocycles. The van der Waals surface area contributed by atoms with Crippen LogP contribution >= 0.6 is 0 Å². The summed E-state index contributed by atoms with van der Waals surface area (Å²) < 4.78 is 13.9. The number of benzene rings is 2. The number of pyridine rings is 1. The van der Waals surface area contributed by atoms with Crippen molar-refractivity contribution in [2.24, 2.45) is 0 Å². The average Bonchev–Trinajstić information content (AvgIpc) is 2.95. The first-order valence-corrected chi connectivity index (χ1v) is 14.0. The highest BCUT2D eigenvalue weighted by Gasteiger charge is 2.34. The van der Waals surface area contributed by atoms with Crippen molar-refractivity contribution in [3.05, 3.63) is 89.4 Å². The molecule has 4 rings (SSSR count). The number of nitrogens with one attached hydrogen (secondary N) is 2. The fraction of sp³-hybridized carbons (Fsp3) is 0.375. The predicted molar refractivity (Wildman–Crippen MR) is 154 cm³/mol. The normalized spacial score (nSPS) is 14.3. The van der Waals surface area contributed by atoms with Crippen LogP contribution in [0.1, 0.15) is 74.1 Å². The summed E-state index contributed by atoms with van der Waals surface area (Å²) in [6.07, 6.45) is 7.09. The lowest BCUT2D eigenvalue weighted by Crippen LogP contribution is -2.47. The molecule has 0 radical (unpaired) electrons. The molecule has 3 aromatic rings. The molecule has 1 aliphatic rings. The van der Waals surface area contributed by atoms with Crippen molar-refractivity contribution in [1.29, 1.82) is 0 Å². The van der Waals surface area contributed by atoms with E-state index in [0.29, 0.717) is 23.5 Å². The second-order valence-corrected chi connectivity index (χ2v) is 10.4. The van der Waals surface area contributed by atoms with E-state index in [1.54, 1.807) is 36.5 Å². The van der Waals surface area contributed by atoms with Crippen LogP contribution in [0.4, 0.5) is 15.9 Å². The summed E-state index contributed by atoms with van der Waals surface area (Å²) in [7, 11) is 0. The van der Waals surface area contributed by atoms with Gasteiger partial charge in [-0.3, -0.25) is 19.3 Å². The van der Waals surface area contributed by atoms with Gasteiger partial charge in [0, 0.05) is 30.8 Å². The van der Waals surface area contributed by atoms with Crippen molar-refractivity contribution >= 4 is 29.2 Å². The van der Waals surface area contributed by atoms with E-state index >= 15 is 0 Å². The summed E-state index contributed by atoms with van der Waals surface area (Å²) >= 11 is 0. The molecule has 0 unspecified atom stereocenters. The number of carbonyl (C=O) groups excluding carboxylic acids is 3. The molecule has 1 aromatic heterocycles. The van der Waals surface area contributed by atoms with Gasteiger partial charge in [0.2, 0.25) is 17.7 Å². The van der Waals surface area contributed by atoms with Gasteiger partial charge in [0.1, 0.15) is 17.7 Å². The number of aromatic nitrogens is 1. The fourth-order valence-corrected chi connectivity index (χ4v) is 5.06. The van der Waals surface area contributed by atoms with Crippen LogP contribution in [0.25, 0.3) is 0 Å². The second kappa shape index (κ2) is 13.8. The summed E-state index contributed by atoms with van der Waals surface area (Å²) in [5, 5.41) is 5.90. The third-order valence-corrected chi connectivity index (χ3v) is 7.41. The molecule has 2 N–H and O–H groups in total. The van der Waals surface area contributed by atoms with Crippen LogP contribution in [0.3, 0.4) is 0 Å². The average molecular weight is 545 g/mol.